The van der Waals surface area contributed by atoms with Crippen molar-refractivity contribution in [2.45, 2.75) is 44.6 Å². The standard InChI is InChI=1S/C25H37ClN6O4S/c1-35-12-11-32-9-7-17-13-22(23(36-2)14-18(17)8-10-32)30-25-27-16-20(26)24(31-25)29-21-6-4-3-5-19(21)15-28-37(33)34/h13-14,16,19,21,28H,3-12,15H2,1-2H3,(H,33,34)(H2,27,29,30,31)/t19-,21-/m1/s1. The van der Waals surface area contributed by atoms with Gasteiger partial charge in [0, 0.05) is 39.3 Å². The molecule has 2 heterocycles. The van der Waals surface area contributed by atoms with Crippen LogP contribution >= 0.6 is 11.6 Å². The molecule has 0 radical (unpaired) electrons. The quantitative estimate of drug-likeness (QED) is 0.310. The summed E-state index contributed by atoms with van der Waals surface area (Å²) in [6.45, 7) is 4.08. The lowest BCUT2D eigenvalue weighted by Crippen LogP contribution is -2.39. The molecule has 204 valence electrons. The number of anilines is 3. The van der Waals surface area contributed by atoms with E-state index in [9.17, 15) is 4.21 Å². The molecule has 0 bridgehead atoms. The van der Waals surface area contributed by atoms with Crippen molar-refractivity contribution in [3.8, 4) is 5.75 Å². The molecule has 1 aromatic heterocycles. The Morgan fingerprint density at radius 1 is 1.19 bits per heavy atom. The lowest BCUT2D eigenvalue weighted by atomic mass is 9.84. The highest BCUT2D eigenvalue weighted by molar-refractivity contribution is 7.77. The number of nitrogens with one attached hydrogen (secondary N) is 3. The number of halogens is 1. The minimum Gasteiger partial charge on any atom is -0.495 e. The molecule has 2 aromatic rings. The van der Waals surface area contributed by atoms with Crippen LogP contribution in [0.3, 0.4) is 0 Å². The highest BCUT2D eigenvalue weighted by Gasteiger charge is 2.26. The van der Waals surface area contributed by atoms with Gasteiger partial charge in [0.1, 0.15) is 10.8 Å². The van der Waals surface area contributed by atoms with Crippen LogP contribution in [0, 0.1) is 5.92 Å². The fraction of sp³-hybridized carbons (Fsp3) is 0.600. The van der Waals surface area contributed by atoms with E-state index in [0.717, 1.165) is 76.2 Å². The van der Waals surface area contributed by atoms with Crippen LogP contribution in [-0.4, -0.2) is 76.7 Å². The number of fused-ring (bicyclic) bond motifs is 1. The number of methoxy groups -OCH3 is 2. The number of ether oxygens (including phenoxy) is 2. The fourth-order valence-electron chi connectivity index (χ4n) is 5.16. The number of aromatic nitrogens is 2. The van der Waals surface area contributed by atoms with E-state index in [1.165, 1.54) is 11.1 Å². The summed E-state index contributed by atoms with van der Waals surface area (Å²) in [5.41, 5.74) is 3.39. The minimum atomic E-state index is -2.03. The molecule has 1 unspecified atom stereocenters. The van der Waals surface area contributed by atoms with Crippen LogP contribution in [0.4, 0.5) is 17.5 Å². The summed E-state index contributed by atoms with van der Waals surface area (Å²) < 4.78 is 33.8. The maximum absolute atomic E-state index is 11.1. The third-order valence-corrected chi connectivity index (χ3v) is 7.91. The van der Waals surface area contributed by atoms with Gasteiger partial charge >= 0.3 is 0 Å². The molecule has 1 aliphatic carbocycles. The van der Waals surface area contributed by atoms with Gasteiger partial charge in [0.05, 0.1) is 25.6 Å². The largest absolute Gasteiger partial charge is 0.495 e. The van der Waals surface area contributed by atoms with Gasteiger partial charge in [-0.25, -0.2) is 13.9 Å². The van der Waals surface area contributed by atoms with Gasteiger partial charge in [-0.15, -0.1) is 0 Å². The summed E-state index contributed by atoms with van der Waals surface area (Å²) in [6, 6.07) is 4.34. The third-order valence-electron chi connectivity index (χ3n) is 7.22. The van der Waals surface area contributed by atoms with Crippen molar-refractivity contribution in [2.24, 2.45) is 5.92 Å². The second-order valence-electron chi connectivity index (χ2n) is 9.56. The summed E-state index contributed by atoms with van der Waals surface area (Å²) in [5.74, 6) is 1.90. The van der Waals surface area contributed by atoms with Gasteiger partial charge in [-0.05, 0) is 54.9 Å². The smallest absolute Gasteiger partial charge is 0.231 e. The molecule has 0 spiro atoms. The molecule has 1 aliphatic heterocycles. The lowest BCUT2D eigenvalue weighted by molar-refractivity contribution is 0.150. The number of rotatable bonds is 11. The first-order valence-electron chi connectivity index (χ1n) is 12.8. The van der Waals surface area contributed by atoms with E-state index in [-0.39, 0.29) is 12.0 Å². The van der Waals surface area contributed by atoms with Crippen molar-refractivity contribution in [1.29, 1.82) is 0 Å². The summed E-state index contributed by atoms with van der Waals surface area (Å²) >= 11 is 4.43. The van der Waals surface area contributed by atoms with Gasteiger partial charge in [-0.3, -0.25) is 4.55 Å². The van der Waals surface area contributed by atoms with Crippen molar-refractivity contribution >= 4 is 40.3 Å². The van der Waals surface area contributed by atoms with Crippen LogP contribution in [0.2, 0.25) is 5.02 Å². The van der Waals surface area contributed by atoms with Crippen molar-refractivity contribution in [3.05, 3.63) is 34.5 Å². The minimum absolute atomic E-state index is 0.0909. The Bertz CT molecular complexity index is 1080. The Labute approximate surface area is 226 Å². The lowest BCUT2D eigenvalue weighted by Gasteiger charge is -2.32. The first kappa shape index (κ1) is 28.0. The zero-order chi connectivity index (χ0) is 26.2. The SMILES string of the molecule is COCCN1CCc2cc(Nc3ncc(Cl)c(N[C@@H]4CCCC[C@@H]4CNS(=O)O)n3)c(OC)cc2CC1. The van der Waals surface area contributed by atoms with Gasteiger partial charge in [0.25, 0.3) is 0 Å². The zero-order valence-electron chi connectivity index (χ0n) is 21.5. The van der Waals surface area contributed by atoms with Crippen LogP contribution in [-0.2, 0) is 28.8 Å². The number of hydrogen-bond donors (Lipinski definition) is 4. The molecule has 3 atom stereocenters. The molecule has 0 amide bonds. The molecule has 4 N–H and O–H groups in total. The predicted molar refractivity (Wildman–Crippen MR) is 147 cm³/mol. The van der Waals surface area contributed by atoms with Crippen molar-refractivity contribution in [2.75, 3.05) is 57.6 Å². The van der Waals surface area contributed by atoms with E-state index in [2.05, 4.69) is 42.4 Å². The van der Waals surface area contributed by atoms with Gasteiger partial charge in [-0.1, -0.05) is 24.4 Å². The third kappa shape index (κ3) is 7.75. The van der Waals surface area contributed by atoms with Gasteiger partial charge in [-0.2, -0.15) is 4.98 Å². The Balaban J connectivity index is 1.49. The molecule has 2 aliphatic rings. The maximum Gasteiger partial charge on any atom is 0.231 e. The zero-order valence-corrected chi connectivity index (χ0v) is 23.0. The van der Waals surface area contributed by atoms with Crippen LogP contribution in [0.1, 0.15) is 36.8 Å². The Hall–Kier alpha value is -2.02. The Morgan fingerprint density at radius 2 is 1.95 bits per heavy atom. The summed E-state index contributed by atoms with van der Waals surface area (Å²) in [5, 5.41) is 7.23. The predicted octanol–water partition coefficient (Wildman–Crippen LogP) is 3.63. The fourth-order valence-corrected chi connectivity index (χ4v) is 5.66. The first-order valence-corrected chi connectivity index (χ1v) is 14.3. The van der Waals surface area contributed by atoms with Crippen molar-refractivity contribution < 1.29 is 18.2 Å². The molecule has 1 fully saturated rings. The average Bonchev–Trinajstić information content (AvgIpc) is 3.10. The molecule has 1 saturated carbocycles. The van der Waals surface area contributed by atoms with Crippen LogP contribution in [0.25, 0.3) is 0 Å². The number of nitrogens with zero attached hydrogens (tertiary/aromatic N) is 3. The summed E-state index contributed by atoms with van der Waals surface area (Å²) in [6.07, 6.45) is 7.57. The van der Waals surface area contributed by atoms with E-state index >= 15 is 0 Å². The summed E-state index contributed by atoms with van der Waals surface area (Å²) in [4.78, 5) is 11.5. The van der Waals surface area contributed by atoms with Gasteiger partial charge in [0.2, 0.25) is 17.2 Å². The summed E-state index contributed by atoms with van der Waals surface area (Å²) in [7, 11) is 3.40. The molecular formula is C25H37ClN6O4S. The van der Waals surface area contributed by atoms with Crippen LogP contribution in [0.5, 0.6) is 5.75 Å². The van der Waals surface area contributed by atoms with Crippen molar-refractivity contribution in [1.82, 2.24) is 19.6 Å². The van der Waals surface area contributed by atoms with E-state index in [4.69, 9.17) is 25.6 Å². The molecule has 4 rings (SSSR count). The Morgan fingerprint density at radius 3 is 2.68 bits per heavy atom. The van der Waals surface area contributed by atoms with Crippen LogP contribution < -0.4 is 20.1 Å². The van der Waals surface area contributed by atoms with Crippen LogP contribution in [0.15, 0.2) is 18.3 Å². The average molecular weight is 553 g/mol. The first-order chi connectivity index (χ1) is 18.0. The second-order valence-corrected chi connectivity index (χ2v) is 10.8. The highest BCUT2D eigenvalue weighted by Crippen LogP contribution is 2.34. The van der Waals surface area contributed by atoms with E-state index in [1.807, 2.05) is 0 Å². The van der Waals surface area contributed by atoms with Gasteiger partial charge < -0.3 is 25.0 Å². The topological polar surface area (TPSA) is 121 Å². The molecule has 10 nitrogen and oxygen atoms in total. The molecule has 1 aromatic carbocycles. The molecule has 0 saturated heterocycles. The number of benzene rings is 1. The molecule has 37 heavy (non-hydrogen) atoms. The highest BCUT2D eigenvalue weighted by atomic mass is 35.5. The second kappa shape index (κ2) is 13.7. The maximum atomic E-state index is 11.1. The van der Waals surface area contributed by atoms with Gasteiger partial charge in [0.15, 0.2) is 5.82 Å². The normalized spacial score (nSPS) is 21.1. The van der Waals surface area contributed by atoms with Crippen molar-refractivity contribution in [3.63, 3.8) is 0 Å². The number of hydrogen-bond acceptors (Lipinski definition) is 8. The van der Waals surface area contributed by atoms with E-state index in [0.29, 0.717) is 23.3 Å². The Kier molecular flexibility index (Phi) is 10.4. The van der Waals surface area contributed by atoms with E-state index < -0.39 is 11.3 Å². The monoisotopic (exact) mass is 552 g/mol. The van der Waals surface area contributed by atoms with E-state index in [1.54, 1.807) is 20.4 Å². The molecule has 12 heteroatoms. The molecular weight excluding hydrogens is 516 g/mol.